The quantitative estimate of drug-likeness (QED) is 0.374. The minimum absolute atomic E-state index is 0.0956. The number of hydrogen-bond acceptors (Lipinski definition) is 8. The zero-order chi connectivity index (χ0) is 18.6. The molecule has 0 bridgehead atoms. The average Bonchev–Trinajstić information content (AvgIpc) is 2.88. The fourth-order valence-electron chi connectivity index (χ4n) is 2.53. The first kappa shape index (κ1) is 19.9. The van der Waals surface area contributed by atoms with E-state index in [2.05, 4.69) is 4.98 Å². The first-order valence-corrected chi connectivity index (χ1v) is 8.54. The van der Waals surface area contributed by atoms with Crippen molar-refractivity contribution in [1.82, 2.24) is 9.55 Å². The normalized spacial score (nSPS) is 26.8. The van der Waals surface area contributed by atoms with Crippen LogP contribution in [0.2, 0.25) is 0 Å². The smallest absolute Gasteiger partial charge is 0.394 e. The van der Waals surface area contributed by atoms with Crippen LogP contribution in [0.3, 0.4) is 0 Å². The van der Waals surface area contributed by atoms with Crippen LogP contribution in [0, 0.1) is 6.92 Å². The standard InChI is InChI=1S/C13H19N2O9P/c1-7-5-15(13(18)14-11(7)17)12-10(22-4-3-21-2)9(24-25(19)20)8(6-16)23-12/h5,8-10,12,16H,3-4,6H2,1-2H3,(H-,14,17,18,19,20)/p+1/t8-,9?,10+,12-/m1/s1. The SMILES string of the molecule is COCCO[C@H]1C(O[P+](=O)O)[C@@H](CO)O[C@H]1n1cc(C)c(=O)[nH]c1=O. The Kier molecular flexibility index (Phi) is 6.96. The Labute approximate surface area is 143 Å². The van der Waals surface area contributed by atoms with Crippen molar-refractivity contribution in [2.75, 3.05) is 26.9 Å². The molecule has 5 atom stereocenters. The lowest BCUT2D eigenvalue weighted by Gasteiger charge is -2.22. The first-order chi connectivity index (χ1) is 11.9. The topological polar surface area (TPSA) is 149 Å². The van der Waals surface area contributed by atoms with E-state index >= 15 is 0 Å². The molecule has 0 amide bonds. The summed E-state index contributed by atoms with van der Waals surface area (Å²) in [5.41, 5.74) is -1.02. The van der Waals surface area contributed by atoms with Crippen LogP contribution in [0.1, 0.15) is 11.8 Å². The maximum atomic E-state index is 12.1. The highest BCUT2D eigenvalue weighted by Gasteiger charge is 2.51. The van der Waals surface area contributed by atoms with Gasteiger partial charge in [0, 0.05) is 23.4 Å². The molecule has 2 heterocycles. The Balaban J connectivity index is 2.39. The Morgan fingerprint density at radius 3 is 2.68 bits per heavy atom. The van der Waals surface area contributed by atoms with Crippen LogP contribution >= 0.6 is 8.25 Å². The van der Waals surface area contributed by atoms with Crippen molar-refractivity contribution in [2.24, 2.45) is 0 Å². The minimum Gasteiger partial charge on any atom is -0.394 e. The van der Waals surface area contributed by atoms with E-state index in [1.165, 1.54) is 20.2 Å². The number of ether oxygens (including phenoxy) is 3. The second-order valence-electron chi connectivity index (χ2n) is 5.36. The molecule has 0 spiro atoms. The Morgan fingerprint density at radius 2 is 2.08 bits per heavy atom. The summed E-state index contributed by atoms with van der Waals surface area (Å²) < 4.78 is 33.2. The highest BCUT2D eigenvalue weighted by Crippen LogP contribution is 2.37. The van der Waals surface area contributed by atoms with E-state index in [4.69, 9.17) is 23.6 Å². The highest BCUT2D eigenvalue weighted by molar-refractivity contribution is 7.32. The number of aromatic amines is 1. The second-order valence-corrected chi connectivity index (χ2v) is 6.05. The van der Waals surface area contributed by atoms with Crippen LogP contribution < -0.4 is 11.2 Å². The zero-order valence-electron chi connectivity index (χ0n) is 13.7. The van der Waals surface area contributed by atoms with Gasteiger partial charge in [-0.25, -0.2) is 4.79 Å². The van der Waals surface area contributed by atoms with Crippen LogP contribution in [-0.4, -0.2) is 64.8 Å². The predicted octanol–water partition coefficient (Wildman–Crippen LogP) is -1.20. The molecule has 0 aromatic carbocycles. The van der Waals surface area contributed by atoms with Crippen LogP contribution in [0.4, 0.5) is 0 Å². The summed E-state index contributed by atoms with van der Waals surface area (Å²) in [6.07, 6.45) is -2.87. The Bertz CT molecular complexity index is 718. The molecule has 140 valence electrons. The van der Waals surface area contributed by atoms with Crippen molar-refractivity contribution in [3.63, 3.8) is 0 Å². The van der Waals surface area contributed by atoms with Gasteiger partial charge in [-0.05, 0) is 6.92 Å². The first-order valence-electron chi connectivity index (χ1n) is 7.40. The minimum atomic E-state index is -2.99. The van der Waals surface area contributed by atoms with Gasteiger partial charge in [0.15, 0.2) is 12.3 Å². The van der Waals surface area contributed by atoms with E-state index in [-0.39, 0.29) is 18.8 Å². The van der Waals surface area contributed by atoms with E-state index in [1.807, 2.05) is 0 Å². The third-order valence-electron chi connectivity index (χ3n) is 3.70. The van der Waals surface area contributed by atoms with Crippen LogP contribution in [-0.2, 0) is 23.3 Å². The molecule has 1 fully saturated rings. The monoisotopic (exact) mass is 379 g/mol. The van der Waals surface area contributed by atoms with Crippen molar-refractivity contribution in [3.8, 4) is 0 Å². The Hall–Kier alpha value is -1.46. The molecular formula is C13H20N2O9P+. The summed E-state index contributed by atoms with van der Waals surface area (Å²) in [5, 5.41) is 9.46. The molecule has 2 unspecified atom stereocenters. The third kappa shape index (κ3) is 4.59. The largest absolute Gasteiger partial charge is 0.695 e. The number of aryl methyl sites for hydroxylation is 1. The fraction of sp³-hybridized carbons (Fsp3) is 0.692. The second kappa shape index (κ2) is 8.77. The molecule has 1 aliphatic rings. The summed E-state index contributed by atoms with van der Waals surface area (Å²) in [7, 11) is -1.52. The van der Waals surface area contributed by atoms with Crippen molar-refractivity contribution < 1.29 is 33.3 Å². The maximum absolute atomic E-state index is 12.1. The van der Waals surface area contributed by atoms with Gasteiger partial charge in [-0.2, -0.15) is 0 Å². The molecule has 0 saturated carbocycles. The van der Waals surface area contributed by atoms with Gasteiger partial charge in [0.1, 0.15) is 12.2 Å². The molecule has 0 aliphatic carbocycles. The summed E-state index contributed by atoms with van der Waals surface area (Å²) in [4.78, 5) is 34.9. The van der Waals surface area contributed by atoms with Gasteiger partial charge >= 0.3 is 13.9 Å². The molecule has 11 nitrogen and oxygen atoms in total. The molecule has 12 heteroatoms. The number of nitrogens with one attached hydrogen (secondary N) is 1. The lowest BCUT2D eigenvalue weighted by molar-refractivity contribution is -0.0811. The van der Waals surface area contributed by atoms with Crippen molar-refractivity contribution in [2.45, 2.75) is 31.5 Å². The van der Waals surface area contributed by atoms with Gasteiger partial charge in [0.25, 0.3) is 5.56 Å². The van der Waals surface area contributed by atoms with Gasteiger partial charge in [0.05, 0.1) is 19.8 Å². The number of rotatable bonds is 8. The van der Waals surface area contributed by atoms with Gasteiger partial charge < -0.3 is 19.3 Å². The van der Waals surface area contributed by atoms with Crippen molar-refractivity contribution >= 4 is 8.25 Å². The predicted molar refractivity (Wildman–Crippen MR) is 83.4 cm³/mol. The van der Waals surface area contributed by atoms with Gasteiger partial charge in [0.2, 0.25) is 0 Å². The number of hydrogen-bond donors (Lipinski definition) is 3. The van der Waals surface area contributed by atoms with E-state index in [1.54, 1.807) is 0 Å². The molecule has 1 aliphatic heterocycles. The summed E-state index contributed by atoms with van der Waals surface area (Å²) in [6.45, 7) is 1.31. The van der Waals surface area contributed by atoms with E-state index in [0.29, 0.717) is 0 Å². The fourth-order valence-corrected chi connectivity index (χ4v) is 2.99. The van der Waals surface area contributed by atoms with Gasteiger partial charge in [-0.3, -0.25) is 14.3 Å². The summed E-state index contributed by atoms with van der Waals surface area (Å²) in [5.74, 6) is 0. The van der Waals surface area contributed by atoms with Crippen molar-refractivity contribution in [3.05, 3.63) is 32.6 Å². The maximum Gasteiger partial charge on any atom is 0.695 e. The Morgan fingerprint density at radius 1 is 1.36 bits per heavy atom. The zero-order valence-corrected chi connectivity index (χ0v) is 14.5. The summed E-state index contributed by atoms with van der Waals surface area (Å²) in [6, 6.07) is 0. The molecule has 25 heavy (non-hydrogen) atoms. The molecular weight excluding hydrogens is 359 g/mol. The van der Waals surface area contributed by atoms with Gasteiger partial charge in [-0.15, -0.1) is 9.42 Å². The van der Waals surface area contributed by atoms with Gasteiger partial charge in [-0.1, -0.05) is 0 Å². The molecule has 1 saturated heterocycles. The molecule has 2 rings (SSSR count). The molecule has 1 aromatic rings. The number of aliphatic hydroxyl groups excluding tert-OH is 1. The number of H-pyrrole nitrogens is 1. The lowest BCUT2D eigenvalue weighted by atomic mass is 10.1. The molecule has 3 N–H and O–H groups in total. The van der Waals surface area contributed by atoms with Crippen LogP contribution in [0.25, 0.3) is 0 Å². The lowest BCUT2D eigenvalue weighted by Crippen LogP contribution is -2.41. The number of methoxy groups -OCH3 is 1. The third-order valence-corrected chi connectivity index (χ3v) is 4.12. The summed E-state index contributed by atoms with van der Waals surface area (Å²) >= 11 is 0. The number of nitrogens with zero attached hydrogens (tertiary/aromatic N) is 1. The van der Waals surface area contributed by atoms with E-state index in [0.717, 1.165) is 4.57 Å². The number of aliphatic hydroxyl groups is 1. The molecule has 0 radical (unpaired) electrons. The van der Waals surface area contributed by atoms with E-state index < -0.39 is 50.7 Å². The molecule has 1 aromatic heterocycles. The van der Waals surface area contributed by atoms with Crippen molar-refractivity contribution in [1.29, 1.82) is 0 Å². The van der Waals surface area contributed by atoms with Crippen LogP contribution in [0.5, 0.6) is 0 Å². The highest BCUT2D eigenvalue weighted by atomic mass is 31.1. The van der Waals surface area contributed by atoms with Crippen LogP contribution in [0.15, 0.2) is 15.8 Å². The average molecular weight is 379 g/mol. The number of aromatic nitrogens is 2. The van der Waals surface area contributed by atoms with E-state index in [9.17, 15) is 19.3 Å².